The number of nitrogens with one attached hydrogen (secondary N) is 1. The number of hydrogen-bond acceptors (Lipinski definition) is 4. The van der Waals surface area contributed by atoms with E-state index in [9.17, 15) is 9.18 Å². The summed E-state index contributed by atoms with van der Waals surface area (Å²) < 4.78 is 20.1. The summed E-state index contributed by atoms with van der Waals surface area (Å²) >= 11 is 0. The van der Waals surface area contributed by atoms with Crippen LogP contribution < -0.4 is 5.32 Å². The highest BCUT2D eigenvalue weighted by molar-refractivity contribution is 5.90. The first-order valence-electron chi connectivity index (χ1n) is 5.68. The SMILES string of the molecule is COC(=O)c1ccc(F)c(NCc2cncn2C)c1. The Balaban J connectivity index is 2.15. The summed E-state index contributed by atoms with van der Waals surface area (Å²) in [7, 11) is 3.14. The fraction of sp³-hybridized carbons (Fsp3) is 0.231. The Kier molecular flexibility index (Phi) is 3.79. The minimum Gasteiger partial charge on any atom is -0.465 e. The van der Waals surface area contributed by atoms with Gasteiger partial charge in [-0.05, 0) is 18.2 Å². The van der Waals surface area contributed by atoms with E-state index in [0.29, 0.717) is 12.1 Å². The molecular formula is C13H14FN3O2. The number of aryl methyl sites for hydroxylation is 1. The van der Waals surface area contributed by atoms with Crippen LogP contribution in [0.5, 0.6) is 0 Å². The molecular weight excluding hydrogens is 249 g/mol. The Bertz CT molecular complexity index is 595. The molecule has 2 aromatic rings. The minimum atomic E-state index is -0.497. The standard InChI is InChI=1S/C13H14FN3O2/c1-17-8-15-6-10(17)7-16-12-5-9(13(18)19-2)3-4-11(12)14/h3-6,8,16H,7H2,1-2H3. The van der Waals surface area contributed by atoms with E-state index in [4.69, 9.17) is 0 Å². The van der Waals surface area contributed by atoms with Crippen molar-refractivity contribution in [2.75, 3.05) is 12.4 Å². The average molecular weight is 263 g/mol. The van der Waals surface area contributed by atoms with Crippen LogP contribution in [-0.4, -0.2) is 22.6 Å². The van der Waals surface area contributed by atoms with Crippen LogP contribution in [0, 0.1) is 5.82 Å². The fourth-order valence-electron chi connectivity index (χ4n) is 1.65. The summed E-state index contributed by atoms with van der Waals surface area (Å²) in [5.41, 5.74) is 1.46. The minimum absolute atomic E-state index is 0.254. The second kappa shape index (κ2) is 5.51. The first-order valence-corrected chi connectivity index (χ1v) is 5.68. The lowest BCUT2D eigenvalue weighted by Crippen LogP contribution is -2.07. The Hall–Kier alpha value is -2.37. The molecule has 0 spiro atoms. The zero-order chi connectivity index (χ0) is 13.8. The number of aromatic nitrogens is 2. The van der Waals surface area contributed by atoms with E-state index < -0.39 is 11.8 Å². The largest absolute Gasteiger partial charge is 0.465 e. The molecule has 100 valence electrons. The van der Waals surface area contributed by atoms with Gasteiger partial charge in [0, 0.05) is 13.2 Å². The molecule has 0 fully saturated rings. The zero-order valence-electron chi connectivity index (χ0n) is 10.7. The van der Waals surface area contributed by atoms with Gasteiger partial charge in [0.2, 0.25) is 0 Å². The monoisotopic (exact) mass is 263 g/mol. The number of methoxy groups -OCH3 is 1. The average Bonchev–Trinajstić information content (AvgIpc) is 2.82. The van der Waals surface area contributed by atoms with Crippen molar-refractivity contribution in [3.63, 3.8) is 0 Å². The van der Waals surface area contributed by atoms with E-state index in [1.54, 1.807) is 12.5 Å². The number of ether oxygens (including phenoxy) is 1. The van der Waals surface area contributed by atoms with Crippen molar-refractivity contribution in [1.82, 2.24) is 9.55 Å². The number of rotatable bonds is 4. The first-order chi connectivity index (χ1) is 9.11. The normalized spacial score (nSPS) is 10.3. The Labute approximate surface area is 110 Å². The first kappa shape index (κ1) is 13.1. The Morgan fingerprint density at radius 1 is 1.53 bits per heavy atom. The molecule has 1 aromatic carbocycles. The summed E-state index contributed by atoms with van der Waals surface area (Å²) in [6, 6.07) is 4.05. The Morgan fingerprint density at radius 2 is 2.32 bits per heavy atom. The molecule has 0 saturated carbocycles. The van der Waals surface area contributed by atoms with E-state index in [2.05, 4.69) is 15.0 Å². The van der Waals surface area contributed by atoms with Crippen molar-refractivity contribution in [2.24, 2.45) is 7.05 Å². The van der Waals surface area contributed by atoms with E-state index in [0.717, 1.165) is 5.69 Å². The number of imidazole rings is 1. The summed E-state index contributed by atoms with van der Waals surface area (Å²) in [4.78, 5) is 15.3. The smallest absolute Gasteiger partial charge is 0.337 e. The number of carbonyl (C=O) groups is 1. The number of anilines is 1. The van der Waals surface area contributed by atoms with Gasteiger partial charge in [0.05, 0.1) is 36.9 Å². The molecule has 0 aliphatic rings. The molecule has 0 saturated heterocycles. The van der Waals surface area contributed by atoms with Crippen LogP contribution in [0.3, 0.4) is 0 Å². The number of benzene rings is 1. The number of hydrogen-bond donors (Lipinski definition) is 1. The van der Waals surface area contributed by atoms with Gasteiger partial charge in [-0.2, -0.15) is 0 Å². The van der Waals surface area contributed by atoms with Gasteiger partial charge in [0.25, 0.3) is 0 Å². The van der Waals surface area contributed by atoms with Gasteiger partial charge in [-0.3, -0.25) is 0 Å². The van der Waals surface area contributed by atoms with Crippen LogP contribution >= 0.6 is 0 Å². The van der Waals surface area contributed by atoms with Gasteiger partial charge in [-0.15, -0.1) is 0 Å². The van der Waals surface area contributed by atoms with Crippen molar-refractivity contribution >= 4 is 11.7 Å². The summed E-state index contributed by atoms with van der Waals surface area (Å²) in [5, 5.41) is 2.93. The highest BCUT2D eigenvalue weighted by Crippen LogP contribution is 2.17. The van der Waals surface area contributed by atoms with Gasteiger partial charge in [0.1, 0.15) is 5.82 Å². The third kappa shape index (κ3) is 2.90. The highest BCUT2D eigenvalue weighted by atomic mass is 19.1. The molecule has 1 N–H and O–H groups in total. The van der Waals surface area contributed by atoms with E-state index >= 15 is 0 Å². The molecule has 0 aliphatic heterocycles. The van der Waals surface area contributed by atoms with Gasteiger partial charge < -0.3 is 14.6 Å². The third-order valence-corrected chi connectivity index (χ3v) is 2.76. The molecule has 0 aliphatic carbocycles. The van der Waals surface area contributed by atoms with Crippen molar-refractivity contribution < 1.29 is 13.9 Å². The molecule has 0 unspecified atom stereocenters. The number of halogens is 1. The maximum Gasteiger partial charge on any atom is 0.337 e. The van der Waals surface area contributed by atoms with Crippen LogP contribution in [0.2, 0.25) is 0 Å². The predicted octanol–water partition coefficient (Wildman–Crippen LogP) is 1.96. The van der Waals surface area contributed by atoms with Gasteiger partial charge in [0.15, 0.2) is 0 Å². The maximum absolute atomic E-state index is 13.6. The Morgan fingerprint density at radius 3 is 2.95 bits per heavy atom. The van der Waals surface area contributed by atoms with E-state index in [-0.39, 0.29) is 5.69 Å². The molecule has 19 heavy (non-hydrogen) atoms. The molecule has 1 aromatic heterocycles. The number of carbonyl (C=O) groups excluding carboxylic acids is 1. The lowest BCUT2D eigenvalue weighted by molar-refractivity contribution is 0.0600. The van der Waals surface area contributed by atoms with Crippen LogP contribution in [0.1, 0.15) is 16.1 Å². The lowest BCUT2D eigenvalue weighted by atomic mass is 10.2. The second-order valence-corrected chi connectivity index (χ2v) is 4.04. The maximum atomic E-state index is 13.6. The lowest BCUT2D eigenvalue weighted by Gasteiger charge is -2.09. The van der Waals surface area contributed by atoms with Crippen LogP contribution in [-0.2, 0) is 18.3 Å². The summed E-state index contributed by atoms with van der Waals surface area (Å²) in [5.74, 6) is -0.918. The van der Waals surface area contributed by atoms with Crippen molar-refractivity contribution in [1.29, 1.82) is 0 Å². The molecule has 5 nitrogen and oxygen atoms in total. The van der Waals surface area contributed by atoms with Crippen LogP contribution in [0.25, 0.3) is 0 Å². The number of esters is 1. The molecule has 6 heteroatoms. The van der Waals surface area contributed by atoms with Crippen molar-refractivity contribution in [3.8, 4) is 0 Å². The predicted molar refractivity (Wildman–Crippen MR) is 68.3 cm³/mol. The van der Waals surface area contributed by atoms with Crippen molar-refractivity contribution in [2.45, 2.75) is 6.54 Å². The van der Waals surface area contributed by atoms with Crippen LogP contribution in [0.4, 0.5) is 10.1 Å². The topological polar surface area (TPSA) is 56.1 Å². The quantitative estimate of drug-likeness (QED) is 0.857. The molecule has 0 bridgehead atoms. The van der Waals surface area contributed by atoms with Gasteiger partial charge >= 0.3 is 5.97 Å². The van der Waals surface area contributed by atoms with E-state index in [1.807, 2.05) is 11.6 Å². The number of nitrogens with zero attached hydrogens (tertiary/aromatic N) is 2. The summed E-state index contributed by atoms with van der Waals surface area (Å²) in [6.07, 6.45) is 3.35. The molecule has 1 heterocycles. The van der Waals surface area contributed by atoms with Crippen LogP contribution in [0.15, 0.2) is 30.7 Å². The molecule has 2 rings (SSSR count). The highest BCUT2D eigenvalue weighted by Gasteiger charge is 2.10. The fourth-order valence-corrected chi connectivity index (χ4v) is 1.65. The molecule has 0 atom stereocenters. The van der Waals surface area contributed by atoms with Gasteiger partial charge in [-0.25, -0.2) is 14.2 Å². The van der Waals surface area contributed by atoms with Crippen molar-refractivity contribution in [3.05, 3.63) is 47.8 Å². The van der Waals surface area contributed by atoms with E-state index in [1.165, 1.54) is 25.3 Å². The van der Waals surface area contributed by atoms with Gasteiger partial charge in [-0.1, -0.05) is 0 Å². The molecule has 0 amide bonds. The zero-order valence-corrected chi connectivity index (χ0v) is 10.7. The summed E-state index contributed by atoms with van der Waals surface area (Å²) in [6.45, 7) is 0.415. The second-order valence-electron chi connectivity index (χ2n) is 4.04. The third-order valence-electron chi connectivity index (χ3n) is 2.76. The molecule has 0 radical (unpaired) electrons.